The van der Waals surface area contributed by atoms with E-state index in [0.29, 0.717) is 0 Å². The second-order valence-electron chi connectivity index (χ2n) is 9.62. The second kappa shape index (κ2) is 10.3. The van der Waals surface area contributed by atoms with Crippen molar-refractivity contribution >= 4 is 34.4 Å². The van der Waals surface area contributed by atoms with Crippen LogP contribution in [0.15, 0.2) is 42.5 Å². The van der Waals surface area contributed by atoms with E-state index < -0.39 is 0 Å². The minimum Gasteiger partial charge on any atom is -0.296 e. The number of imide groups is 2. The predicted molar refractivity (Wildman–Crippen MR) is 126 cm³/mol. The zero-order valence-electron chi connectivity index (χ0n) is 19.1. The topological polar surface area (TPSA) is 92.3 Å². The molecule has 0 spiro atoms. The number of benzene rings is 2. The molecular weight excluding hydrogens is 416 g/mol. The highest BCUT2D eigenvalue weighted by Crippen LogP contribution is 2.33. The molecule has 4 aliphatic rings. The third-order valence-electron chi connectivity index (χ3n) is 7.33. The third-order valence-corrected chi connectivity index (χ3v) is 7.33. The van der Waals surface area contributed by atoms with Gasteiger partial charge in [-0.3, -0.25) is 29.8 Å². The van der Waals surface area contributed by atoms with Crippen LogP contribution in [0.4, 0.5) is 0 Å². The van der Waals surface area contributed by atoms with Gasteiger partial charge in [-0.25, -0.2) is 0 Å². The van der Waals surface area contributed by atoms with Crippen LogP contribution in [0, 0.1) is 30.6 Å². The standard InChI is InChI=1S/C11H10.2C8H11NO2/c1-9-5-4-7-10-6-2-3-8-11(9)10;2*10-7-5-2-1-3-6(4-5)8(11)9-7/h2-8H,1H3;2*5-6H,1-4H2,(H,9,10,11)/t;2*5-,6+. The summed E-state index contributed by atoms with van der Waals surface area (Å²) in [5, 5.41) is 7.49. The van der Waals surface area contributed by atoms with Crippen LogP contribution < -0.4 is 10.6 Å². The summed E-state index contributed by atoms with van der Waals surface area (Å²) in [6, 6.07) is 14.8. The van der Waals surface area contributed by atoms with Gasteiger partial charge in [0.2, 0.25) is 23.6 Å². The van der Waals surface area contributed by atoms with Crippen molar-refractivity contribution < 1.29 is 19.2 Å². The molecule has 2 saturated heterocycles. The Labute approximate surface area is 194 Å². The highest BCUT2D eigenvalue weighted by atomic mass is 16.2. The SMILES string of the molecule is Cc1cccc2ccccc12.O=C1NC(=O)[C@H]2CCC[C@@H]1C2.O=C1NC(=O)[C@H]2CCC[C@@H]1C2. The van der Waals surface area contributed by atoms with Crippen molar-refractivity contribution in [3.63, 3.8) is 0 Å². The van der Waals surface area contributed by atoms with Crippen molar-refractivity contribution in [3.8, 4) is 0 Å². The van der Waals surface area contributed by atoms with Gasteiger partial charge in [0.05, 0.1) is 0 Å². The van der Waals surface area contributed by atoms with E-state index in [-0.39, 0.29) is 47.3 Å². The highest BCUT2D eigenvalue weighted by molar-refractivity contribution is 6.00. The fraction of sp³-hybridized carbons (Fsp3) is 0.481. The second-order valence-corrected chi connectivity index (χ2v) is 9.62. The van der Waals surface area contributed by atoms with Crippen LogP contribution >= 0.6 is 0 Å². The van der Waals surface area contributed by atoms with Crippen molar-refractivity contribution in [3.05, 3.63) is 48.0 Å². The van der Waals surface area contributed by atoms with Crippen molar-refractivity contribution in [1.29, 1.82) is 0 Å². The molecule has 6 nitrogen and oxygen atoms in total. The van der Waals surface area contributed by atoms with Gasteiger partial charge in [0.1, 0.15) is 0 Å². The van der Waals surface area contributed by atoms with Crippen LogP contribution in [0.3, 0.4) is 0 Å². The first-order chi connectivity index (χ1) is 15.9. The Morgan fingerprint density at radius 2 is 1.03 bits per heavy atom. The average molecular weight is 449 g/mol. The lowest BCUT2D eigenvalue weighted by Crippen LogP contribution is -2.48. The molecule has 4 atom stereocenters. The van der Waals surface area contributed by atoms with E-state index in [4.69, 9.17) is 0 Å². The molecule has 2 aromatic carbocycles. The largest absolute Gasteiger partial charge is 0.296 e. The number of amides is 4. The minimum atomic E-state index is -0.0500. The van der Waals surface area contributed by atoms with E-state index in [9.17, 15) is 19.2 Å². The summed E-state index contributed by atoms with van der Waals surface area (Å²) >= 11 is 0. The van der Waals surface area contributed by atoms with E-state index in [2.05, 4.69) is 60.0 Å². The lowest BCUT2D eigenvalue weighted by atomic mass is 9.78. The van der Waals surface area contributed by atoms with Crippen LogP contribution in [0.25, 0.3) is 10.8 Å². The smallest absolute Gasteiger partial charge is 0.229 e. The summed E-state index contributed by atoms with van der Waals surface area (Å²) in [4.78, 5) is 44.3. The molecule has 0 aromatic heterocycles. The van der Waals surface area contributed by atoms with Gasteiger partial charge in [0, 0.05) is 23.7 Å². The molecule has 174 valence electrons. The molecule has 2 N–H and O–H groups in total. The Kier molecular flexibility index (Phi) is 7.21. The number of piperidine rings is 2. The van der Waals surface area contributed by atoms with E-state index in [1.807, 2.05) is 0 Å². The zero-order valence-corrected chi connectivity index (χ0v) is 19.1. The normalized spacial score (nSPS) is 27.9. The van der Waals surface area contributed by atoms with Gasteiger partial charge in [0.15, 0.2) is 0 Å². The van der Waals surface area contributed by atoms with Gasteiger partial charge in [-0.2, -0.15) is 0 Å². The van der Waals surface area contributed by atoms with Crippen LogP contribution in [-0.2, 0) is 19.2 Å². The molecule has 2 aromatic rings. The summed E-state index contributed by atoms with van der Waals surface area (Å²) in [6.07, 6.45) is 7.54. The Morgan fingerprint density at radius 1 is 0.606 bits per heavy atom. The van der Waals surface area contributed by atoms with Gasteiger partial charge in [-0.1, -0.05) is 55.3 Å². The number of rotatable bonds is 0. The monoisotopic (exact) mass is 448 g/mol. The Morgan fingerprint density at radius 3 is 1.48 bits per heavy atom. The van der Waals surface area contributed by atoms with Gasteiger partial charge in [0.25, 0.3) is 0 Å². The average Bonchev–Trinajstić information content (AvgIpc) is 2.84. The molecule has 33 heavy (non-hydrogen) atoms. The molecule has 4 bridgehead atoms. The minimum absolute atomic E-state index is 0.0500. The maximum absolute atomic E-state index is 11.1. The molecule has 0 unspecified atom stereocenters. The van der Waals surface area contributed by atoms with Gasteiger partial charge in [-0.05, 0) is 61.8 Å². The van der Waals surface area contributed by atoms with E-state index in [1.165, 1.54) is 16.3 Å². The van der Waals surface area contributed by atoms with Gasteiger partial charge < -0.3 is 0 Å². The molecule has 6 rings (SSSR count). The van der Waals surface area contributed by atoms with E-state index >= 15 is 0 Å². The summed E-state index contributed by atoms with van der Waals surface area (Å²) in [5.41, 5.74) is 1.35. The van der Waals surface area contributed by atoms with Crippen LogP contribution in [0.1, 0.15) is 56.9 Å². The van der Waals surface area contributed by atoms with E-state index in [1.54, 1.807) is 0 Å². The molecule has 2 heterocycles. The van der Waals surface area contributed by atoms with Crippen LogP contribution in [-0.4, -0.2) is 23.6 Å². The van der Waals surface area contributed by atoms with Crippen LogP contribution in [0.2, 0.25) is 0 Å². The molecule has 0 radical (unpaired) electrons. The molecule has 2 aliphatic heterocycles. The Balaban J connectivity index is 0.000000118. The zero-order chi connectivity index (χ0) is 23.4. The quantitative estimate of drug-likeness (QED) is 0.595. The highest BCUT2D eigenvalue weighted by Gasteiger charge is 2.37. The first kappa shape index (κ1) is 23.1. The first-order valence-corrected chi connectivity index (χ1v) is 12.1. The number of hydrogen-bond acceptors (Lipinski definition) is 4. The lowest BCUT2D eigenvalue weighted by Gasteiger charge is -2.32. The van der Waals surface area contributed by atoms with Gasteiger partial charge >= 0.3 is 0 Å². The summed E-state index contributed by atoms with van der Waals surface area (Å²) < 4.78 is 0. The number of aryl methyl sites for hydroxylation is 1. The van der Waals surface area contributed by atoms with Crippen molar-refractivity contribution in [1.82, 2.24) is 10.6 Å². The third kappa shape index (κ3) is 5.49. The fourth-order valence-electron chi connectivity index (χ4n) is 5.37. The molecule has 2 saturated carbocycles. The fourth-order valence-corrected chi connectivity index (χ4v) is 5.37. The van der Waals surface area contributed by atoms with Gasteiger partial charge in [-0.15, -0.1) is 0 Å². The Bertz CT molecular complexity index is 972. The van der Waals surface area contributed by atoms with Crippen molar-refractivity contribution in [2.45, 2.75) is 58.3 Å². The van der Waals surface area contributed by atoms with Crippen molar-refractivity contribution in [2.24, 2.45) is 23.7 Å². The summed E-state index contributed by atoms with van der Waals surface area (Å²) in [7, 11) is 0. The molecule has 4 amide bonds. The summed E-state index contributed by atoms with van der Waals surface area (Å²) in [6.45, 7) is 2.14. The predicted octanol–water partition coefficient (Wildman–Crippen LogP) is 4.05. The van der Waals surface area contributed by atoms with Crippen molar-refractivity contribution in [2.75, 3.05) is 0 Å². The number of carbonyl (C=O) groups is 4. The lowest BCUT2D eigenvalue weighted by molar-refractivity contribution is -0.143. The molecular formula is C27H32N2O4. The molecule has 2 aliphatic carbocycles. The van der Waals surface area contributed by atoms with E-state index in [0.717, 1.165) is 51.4 Å². The molecule has 4 fully saturated rings. The van der Waals surface area contributed by atoms with Crippen LogP contribution in [0.5, 0.6) is 0 Å². The Hall–Kier alpha value is -3.02. The summed E-state index contributed by atoms with van der Waals surface area (Å²) in [5.74, 6) is 0.324. The first-order valence-electron chi connectivity index (χ1n) is 12.1. The molecule has 6 heteroatoms. The maximum atomic E-state index is 11.1. The number of carbonyl (C=O) groups excluding carboxylic acids is 4. The maximum Gasteiger partial charge on any atom is 0.229 e. The number of fused-ring (bicyclic) bond motifs is 5. The number of nitrogens with one attached hydrogen (secondary N) is 2. The number of hydrogen-bond donors (Lipinski definition) is 2.